The number of hydrogen-bond acceptors (Lipinski definition) is 4. The first-order valence-electron chi connectivity index (χ1n) is 8.05. The second kappa shape index (κ2) is 8.76. The van der Waals surface area contributed by atoms with Crippen LogP contribution in [0, 0.1) is 0 Å². The van der Waals surface area contributed by atoms with Crippen molar-refractivity contribution in [1.29, 1.82) is 0 Å². The summed E-state index contributed by atoms with van der Waals surface area (Å²) >= 11 is 0. The van der Waals surface area contributed by atoms with E-state index in [0.717, 1.165) is 38.0 Å². The minimum Gasteiger partial charge on any atom is -0.445 e. The van der Waals surface area contributed by atoms with Crippen LogP contribution < -0.4 is 0 Å². The van der Waals surface area contributed by atoms with Crippen LogP contribution in [-0.4, -0.2) is 59.8 Å². The molecule has 1 heterocycles. The van der Waals surface area contributed by atoms with E-state index < -0.39 is 0 Å². The molecule has 0 spiro atoms. The number of carbonyl (C=O) groups is 1. The van der Waals surface area contributed by atoms with Crippen molar-refractivity contribution in [1.82, 2.24) is 9.80 Å². The van der Waals surface area contributed by atoms with Gasteiger partial charge in [-0.15, -0.1) is 0 Å². The van der Waals surface area contributed by atoms with Crippen LogP contribution in [0.5, 0.6) is 0 Å². The van der Waals surface area contributed by atoms with Crippen LogP contribution in [0.1, 0.15) is 25.3 Å². The summed E-state index contributed by atoms with van der Waals surface area (Å²) < 4.78 is 5.44. The molecule has 5 nitrogen and oxygen atoms in total. The molecule has 0 saturated carbocycles. The van der Waals surface area contributed by atoms with Gasteiger partial charge in [-0.25, -0.2) is 4.79 Å². The number of carbonyl (C=O) groups excluding carboxylic acids is 1. The first-order valence-corrected chi connectivity index (χ1v) is 8.05. The number of aliphatic hydroxyl groups is 1. The highest BCUT2D eigenvalue weighted by Gasteiger charge is 2.30. The Balaban J connectivity index is 1.85. The van der Waals surface area contributed by atoms with Crippen molar-refractivity contribution in [3.63, 3.8) is 0 Å². The number of benzene rings is 1. The highest BCUT2D eigenvalue weighted by atomic mass is 16.6. The van der Waals surface area contributed by atoms with E-state index in [9.17, 15) is 4.79 Å². The van der Waals surface area contributed by atoms with E-state index in [1.54, 1.807) is 0 Å². The maximum absolute atomic E-state index is 12.3. The van der Waals surface area contributed by atoms with Gasteiger partial charge in [-0.1, -0.05) is 37.3 Å². The average molecular weight is 306 g/mol. The molecule has 1 amide bonds. The van der Waals surface area contributed by atoms with E-state index >= 15 is 0 Å². The van der Waals surface area contributed by atoms with Crippen LogP contribution in [0.4, 0.5) is 4.79 Å². The minimum atomic E-state index is -0.230. The molecule has 2 rings (SSSR count). The quantitative estimate of drug-likeness (QED) is 0.838. The average Bonchev–Trinajstić information content (AvgIpc) is 3.01. The number of likely N-dealkylation sites (N-methyl/N-ethyl adjacent to an activating group) is 1. The topological polar surface area (TPSA) is 53.0 Å². The zero-order valence-corrected chi connectivity index (χ0v) is 13.3. The standard InChI is InChI=1S/C17H26N2O3/c1-2-18(11-12-20)13-16-9-6-10-19(16)17(21)22-14-15-7-4-3-5-8-15/h3-5,7-8,16,20H,2,6,9-14H2,1H3/t16-/m1/s1. The molecule has 1 saturated heterocycles. The van der Waals surface area contributed by atoms with Crippen LogP contribution in [0.3, 0.4) is 0 Å². The third-order valence-corrected chi connectivity index (χ3v) is 4.15. The molecule has 0 aliphatic carbocycles. The van der Waals surface area contributed by atoms with E-state index in [4.69, 9.17) is 9.84 Å². The Bertz CT molecular complexity index is 452. The van der Waals surface area contributed by atoms with Gasteiger partial charge in [0, 0.05) is 25.7 Å². The van der Waals surface area contributed by atoms with Gasteiger partial charge in [-0.3, -0.25) is 4.90 Å². The van der Waals surface area contributed by atoms with Crippen molar-refractivity contribution in [2.45, 2.75) is 32.4 Å². The number of hydrogen-bond donors (Lipinski definition) is 1. The lowest BCUT2D eigenvalue weighted by atomic mass is 10.2. The summed E-state index contributed by atoms with van der Waals surface area (Å²) in [7, 11) is 0. The molecule has 1 aliphatic rings. The fraction of sp³-hybridized carbons (Fsp3) is 0.588. The Labute approximate surface area is 132 Å². The molecule has 0 aromatic heterocycles. The van der Waals surface area contributed by atoms with Crippen LogP contribution in [0.2, 0.25) is 0 Å². The van der Waals surface area contributed by atoms with Crippen LogP contribution in [0.15, 0.2) is 30.3 Å². The first-order chi connectivity index (χ1) is 10.7. The monoisotopic (exact) mass is 306 g/mol. The van der Waals surface area contributed by atoms with E-state index in [2.05, 4.69) is 11.8 Å². The summed E-state index contributed by atoms with van der Waals surface area (Å²) in [5.74, 6) is 0. The molecule has 1 aliphatic heterocycles. The van der Waals surface area contributed by atoms with E-state index in [1.165, 1.54) is 0 Å². The number of amides is 1. The SMILES string of the molecule is CCN(CCO)C[C@H]1CCCN1C(=O)OCc1ccccc1. The highest BCUT2D eigenvalue weighted by molar-refractivity contribution is 5.68. The van der Waals surface area contributed by atoms with Crippen LogP contribution >= 0.6 is 0 Å². The predicted molar refractivity (Wildman–Crippen MR) is 85.6 cm³/mol. The van der Waals surface area contributed by atoms with Crippen molar-refractivity contribution in [2.24, 2.45) is 0 Å². The Morgan fingerprint density at radius 1 is 1.41 bits per heavy atom. The molecule has 0 unspecified atom stereocenters. The number of aliphatic hydroxyl groups excluding tert-OH is 1. The molecule has 1 atom stereocenters. The molecule has 22 heavy (non-hydrogen) atoms. The van der Waals surface area contributed by atoms with Gasteiger partial charge < -0.3 is 14.7 Å². The Morgan fingerprint density at radius 2 is 2.18 bits per heavy atom. The Kier molecular flexibility index (Phi) is 6.68. The number of nitrogens with zero attached hydrogens (tertiary/aromatic N) is 2. The molecule has 1 N–H and O–H groups in total. The summed E-state index contributed by atoms with van der Waals surface area (Å²) in [6.45, 7) is 5.63. The lowest BCUT2D eigenvalue weighted by molar-refractivity contribution is 0.0823. The molecule has 1 fully saturated rings. The van der Waals surface area contributed by atoms with Crippen molar-refractivity contribution >= 4 is 6.09 Å². The first kappa shape index (κ1) is 16.8. The Morgan fingerprint density at radius 3 is 2.86 bits per heavy atom. The Hall–Kier alpha value is -1.59. The molecule has 0 radical (unpaired) electrons. The number of ether oxygens (including phenoxy) is 1. The summed E-state index contributed by atoms with van der Waals surface area (Å²) in [5, 5.41) is 9.08. The van der Waals surface area contributed by atoms with Crippen molar-refractivity contribution in [3.05, 3.63) is 35.9 Å². The van der Waals surface area contributed by atoms with Gasteiger partial charge in [0.25, 0.3) is 0 Å². The molecular formula is C17H26N2O3. The van der Waals surface area contributed by atoms with Gasteiger partial charge in [-0.2, -0.15) is 0 Å². The van der Waals surface area contributed by atoms with Gasteiger partial charge >= 0.3 is 6.09 Å². The lowest BCUT2D eigenvalue weighted by Gasteiger charge is -2.29. The van der Waals surface area contributed by atoms with Gasteiger partial charge in [0.15, 0.2) is 0 Å². The predicted octanol–water partition coefficient (Wildman–Crippen LogP) is 2.10. The van der Waals surface area contributed by atoms with Gasteiger partial charge in [0.1, 0.15) is 6.61 Å². The fourth-order valence-electron chi connectivity index (χ4n) is 2.89. The fourth-order valence-corrected chi connectivity index (χ4v) is 2.89. The van der Waals surface area contributed by atoms with E-state index in [-0.39, 0.29) is 18.7 Å². The summed E-state index contributed by atoms with van der Waals surface area (Å²) in [4.78, 5) is 16.3. The zero-order chi connectivity index (χ0) is 15.8. The molecular weight excluding hydrogens is 280 g/mol. The molecule has 0 bridgehead atoms. The summed E-state index contributed by atoms with van der Waals surface area (Å²) in [5.41, 5.74) is 1.00. The van der Waals surface area contributed by atoms with Gasteiger partial charge in [0.05, 0.1) is 6.61 Å². The maximum atomic E-state index is 12.3. The summed E-state index contributed by atoms with van der Waals surface area (Å²) in [6, 6.07) is 9.92. The molecule has 1 aromatic rings. The number of rotatable bonds is 7. The smallest absolute Gasteiger partial charge is 0.410 e. The molecule has 5 heteroatoms. The van der Waals surface area contributed by atoms with E-state index in [1.807, 2.05) is 35.2 Å². The summed E-state index contributed by atoms with van der Waals surface area (Å²) in [6.07, 6.45) is 1.79. The molecule has 122 valence electrons. The minimum absolute atomic E-state index is 0.152. The largest absolute Gasteiger partial charge is 0.445 e. The third-order valence-electron chi connectivity index (χ3n) is 4.15. The number of likely N-dealkylation sites (tertiary alicyclic amines) is 1. The van der Waals surface area contributed by atoms with Crippen LogP contribution in [0.25, 0.3) is 0 Å². The molecule has 1 aromatic carbocycles. The van der Waals surface area contributed by atoms with Crippen molar-refractivity contribution < 1.29 is 14.6 Å². The second-order valence-corrected chi connectivity index (χ2v) is 5.65. The van der Waals surface area contributed by atoms with Crippen molar-refractivity contribution in [2.75, 3.05) is 32.8 Å². The van der Waals surface area contributed by atoms with Crippen molar-refractivity contribution in [3.8, 4) is 0 Å². The normalized spacial score (nSPS) is 18.0. The van der Waals surface area contributed by atoms with Gasteiger partial charge in [-0.05, 0) is 24.9 Å². The highest BCUT2D eigenvalue weighted by Crippen LogP contribution is 2.19. The van der Waals surface area contributed by atoms with E-state index in [0.29, 0.717) is 13.2 Å². The van der Waals surface area contributed by atoms with Crippen LogP contribution in [-0.2, 0) is 11.3 Å². The zero-order valence-electron chi connectivity index (χ0n) is 13.3. The lowest BCUT2D eigenvalue weighted by Crippen LogP contribution is -2.44. The second-order valence-electron chi connectivity index (χ2n) is 5.65. The maximum Gasteiger partial charge on any atom is 0.410 e. The van der Waals surface area contributed by atoms with Gasteiger partial charge in [0.2, 0.25) is 0 Å². The third kappa shape index (κ3) is 4.71.